The molecule has 2 amide bonds. The number of aromatic nitrogens is 3. The molecule has 1 aliphatic heterocycles. The molecule has 0 spiro atoms. The summed E-state index contributed by atoms with van der Waals surface area (Å²) in [6.45, 7) is 7.92. The second kappa shape index (κ2) is 7.13. The van der Waals surface area contributed by atoms with Gasteiger partial charge >= 0.3 is 6.03 Å². The molecule has 0 bridgehead atoms. The molecule has 3 rings (SSSR count). The lowest BCUT2D eigenvalue weighted by Gasteiger charge is -2.21. The number of hydrogen-bond donors (Lipinski definition) is 2. The fraction of sp³-hybridized carbons (Fsp3) is 0.500. The summed E-state index contributed by atoms with van der Waals surface area (Å²) in [5.74, 6) is 0.844. The predicted octanol–water partition coefficient (Wildman–Crippen LogP) is 2.91. The molecule has 2 aromatic rings. The van der Waals surface area contributed by atoms with Crippen LogP contribution in [0.1, 0.15) is 42.8 Å². The summed E-state index contributed by atoms with van der Waals surface area (Å²) in [7, 11) is 1.91. The van der Waals surface area contributed by atoms with E-state index in [0.29, 0.717) is 0 Å². The summed E-state index contributed by atoms with van der Waals surface area (Å²) in [6.07, 6.45) is 4.10. The van der Waals surface area contributed by atoms with Gasteiger partial charge in [0.05, 0.1) is 17.4 Å². The van der Waals surface area contributed by atoms with Crippen LogP contribution in [0.3, 0.4) is 0 Å². The normalized spacial score (nSPS) is 15.3. The van der Waals surface area contributed by atoms with Gasteiger partial charge in [0, 0.05) is 37.6 Å². The molecule has 0 saturated carbocycles. The Kier molecular flexibility index (Phi) is 4.92. The number of carbonyl (C=O) groups is 1. The highest BCUT2D eigenvalue weighted by Crippen LogP contribution is 2.26. The summed E-state index contributed by atoms with van der Waals surface area (Å²) in [5, 5.41) is 10.4. The van der Waals surface area contributed by atoms with E-state index in [4.69, 9.17) is 0 Å². The number of amides is 2. The summed E-state index contributed by atoms with van der Waals surface area (Å²) < 4.78 is 1.84. The predicted molar refractivity (Wildman–Crippen MR) is 98.9 cm³/mol. The highest BCUT2D eigenvalue weighted by atomic mass is 16.2. The number of hydrogen-bond acceptors (Lipinski definition) is 4. The number of nitrogens with one attached hydrogen (secondary N) is 2. The number of anilines is 2. The molecule has 7 heteroatoms. The van der Waals surface area contributed by atoms with Crippen LogP contribution in [0.4, 0.5) is 16.3 Å². The van der Waals surface area contributed by atoms with E-state index in [1.807, 2.05) is 44.6 Å². The molecule has 25 heavy (non-hydrogen) atoms. The molecule has 134 valence electrons. The first-order valence-electron chi connectivity index (χ1n) is 8.75. The van der Waals surface area contributed by atoms with Gasteiger partial charge in [-0.25, -0.2) is 9.78 Å². The Morgan fingerprint density at radius 3 is 2.64 bits per heavy atom. The quantitative estimate of drug-likeness (QED) is 0.896. The maximum Gasteiger partial charge on any atom is 0.319 e. The number of nitrogens with zero attached hydrogens (tertiary/aromatic N) is 4. The SMILES string of the molecule is Cc1nn(C)c(C)c1C(C)NC(=O)Nc1cccnc1N1CCCC1. The number of pyridine rings is 1. The highest BCUT2D eigenvalue weighted by Gasteiger charge is 2.20. The Balaban J connectivity index is 1.71. The van der Waals surface area contributed by atoms with Crippen molar-refractivity contribution in [2.45, 2.75) is 39.7 Å². The second-order valence-corrected chi connectivity index (χ2v) is 6.60. The molecule has 7 nitrogen and oxygen atoms in total. The standard InChI is InChI=1S/C18H26N6O/c1-12(16-13(2)22-23(4)14(16)3)20-18(25)21-15-8-7-9-19-17(15)24-10-5-6-11-24/h7-9,12H,5-6,10-11H2,1-4H3,(H2,20,21,25). The Bertz CT molecular complexity index is 763. The van der Waals surface area contributed by atoms with Crippen LogP contribution < -0.4 is 15.5 Å². The van der Waals surface area contributed by atoms with E-state index < -0.39 is 0 Å². The lowest BCUT2D eigenvalue weighted by atomic mass is 10.1. The molecule has 1 atom stereocenters. The molecule has 1 saturated heterocycles. The number of rotatable bonds is 4. The van der Waals surface area contributed by atoms with Crippen LogP contribution in [0.2, 0.25) is 0 Å². The first-order chi connectivity index (χ1) is 12.0. The van der Waals surface area contributed by atoms with Crippen LogP contribution in [0, 0.1) is 13.8 Å². The van der Waals surface area contributed by atoms with Gasteiger partial charge in [0.15, 0.2) is 5.82 Å². The lowest BCUT2D eigenvalue weighted by molar-refractivity contribution is 0.249. The van der Waals surface area contributed by atoms with Crippen LogP contribution in [-0.2, 0) is 7.05 Å². The third-order valence-electron chi connectivity index (χ3n) is 4.79. The first kappa shape index (κ1) is 17.3. The van der Waals surface area contributed by atoms with Crippen molar-refractivity contribution in [2.75, 3.05) is 23.3 Å². The van der Waals surface area contributed by atoms with Gasteiger partial charge in [-0.15, -0.1) is 0 Å². The van der Waals surface area contributed by atoms with Gasteiger partial charge in [-0.2, -0.15) is 5.10 Å². The van der Waals surface area contributed by atoms with Crippen molar-refractivity contribution in [3.05, 3.63) is 35.3 Å². The maximum absolute atomic E-state index is 12.5. The van der Waals surface area contributed by atoms with Gasteiger partial charge in [0.2, 0.25) is 0 Å². The number of urea groups is 1. The molecule has 0 radical (unpaired) electrons. The van der Waals surface area contributed by atoms with E-state index in [9.17, 15) is 4.79 Å². The van der Waals surface area contributed by atoms with E-state index >= 15 is 0 Å². The molecule has 1 fully saturated rings. The molecular formula is C18H26N6O. The molecule has 1 aliphatic rings. The molecule has 2 aromatic heterocycles. The van der Waals surface area contributed by atoms with Gasteiger partial charge in [-0.3, -0.25) is 4.68 Å². The zero-order valence-corrected chi connectivity index (χ0v) is 15.3. The smallest absolute Gasteiger partial charge is 0.319 e. The summed E-state index contributed by atoms with van der Waals surface area (Å²) in [6, 6.07) is 3.38. The number of aryl methyl sites for hydroxylation is 2. The van der Waals surface area contributed by atoms with Crippen LogP contribution in [0.5, 0.6) is 0 Å². The van der Waals surface area contributed by atoms with Crippen molar-refractivity contribution >= 4 is 17.5 Å². The van der Waals surface area contributed by atoms with Gasteiger partial charge in [0.25, 0.3) is 0 Å². The van der Waals surface area contributed by atoms with Crippen LogP contribution in [0.25, 0.3) is 0 Å². The molecule has 0 aromatic carbocycles. The zero-order valence-electron chi connectivity index (χ0n) is 15.3. The summed E-state index contributed by atoms with van der Waals surface area (Å²) >= 11 is 0. The van der Waals surface area contributed by atoms with Crippen molar-refractivity contribution in [3.63, 3.8) is 0 Å². The van der Waals surface area contributed by atoms with Crippen LogP contribution in [-0.4, -0.2) is 33.9 Å². The Morgan fingerprint density at radius 2 is 2.00 bits per heavy atom. The van der Waals surface area contributed by atoms with Crippen LogP contribution in [0.15, 0.2) is 18.3 Å². The van der Waals surface area contributed by atoms with Crippen molar-refractivity contribution in [1.82, 2.24) is 20.1 Å². The lowest BCUT2D eigenvalue weighted by Crippen LogP contribution is -2.32. The van der Waals surface area contributed by atoms with E-state index in [-0.39, 0.29) is 12.1 Å². The Morgan fingerprint density at radius 1 is 1.28 bits per heavy atom. The first-order valence-corrected chi connectivity index (χ1v) is 8.75. The van der Waals surface area contributed by atoms with E-state index in [1.54, 1.807) is 6.20 Å². The minimum Gasteiger partial charge on any atom is -0.355 e. The average Bonchev–Trinajstić information content (AvgIpc) is 3.17. The summed E-state index contributed by atoms with van der Waals surface area (Å²) in [4.78, 5) is 19.2. The molecule has 0 aliphatic carbocycles. The Hall–Kier alpha value is -2.57. The zero-order chi connectivity index (χ0) is 18.0. The molecule has 1 unspecified atom stereocenters. The van der Waals surface area contributed by atoms with Crippen molar-refractivity contribution in [3.8, 4) is 0 Å². The number of carbonyl (C=O) groups excluding carboxylic acids is 1. The second-order valence-electron chi connectivity index (χ2n) is 6.60. The van der Waals surface area contributed by atoms with E-state index in [0.717, 1.165) is 41.5 Å². The third-order valence-corrected chi connectivity index (χ3v) is 4.79. The average molecular weight is 342 g/mol. The van der Waals surface area contributed by atoms with Gasteiger partial charge in [-0.05, 0) is 45.7 Å². The fourth-order valence-electron chi connectivity index (χ4n) is 3.52. The fourth-order valence-corrected chi connectivity index (χ4v) is 3.52. The third kappa shape index (κ3) is 3.60. The largest absolute Gasteiger partial charge is 0.355 e. The summed E-state index contributed by atoms with van der Waals surface area (Å²) in [5.41, 5.74) is 3.80. The van der Waals surface area contributed by atoms with Gasteiger partial charge < -0.3 is 15.5 Å². The minimum atomic E-state index is -0.233. The Labute approximate surface area is 148 Å². The van der Waals surface area contributed by atoms with Crippen molar-refractivity contribution in [2.24, 2.45) is 7.05 Å². The molecule has 3 heterocycles. The topological polar surface area (TPSA) is 75.1 Å². The highest BCUT2D eigenvalue weighted by molar-refractivity contribution is 5.92. The van der Waals surface area contributed by atoms with Crippen molar-refractivity contribution in [1.29, 1.82) is 0 Å². The van der Waals surface area contributed by atoms with E-state index in [1.165, 1.54) is 12.8 Å². The van der Waals surface area contributed by atoms with Crippen molar-refractivity contribution < 1.29 is 4.79 Å². The van der Waals surface area contributed by atoms with Gasteiger partial charge in [-0.1, -0.05) is 0 Å². The van der Waals surface area contributed by atoms with Gasteiger partial charge in [0.1, 0.15) is 0 Å². The van der Waals surface area contributed by atoms with E-state index in [2.05, 4.69) is 25.6 Å². The minimum absolute atomic E-state index is 0.124. The maximum atomic E-state index is 12.5. The molecule has 2 N–H and O–H groups in total. The van der Waals surface area contributed by atoms with Crippen LogP contribution >= 0.6 is 0 Å². The monoisotopic (exact) mass is 342 g/mol. The molecular weight excluding hydrogens is 316 g/mol.